The molecule has 1 rings (SSSR count). The lowest BCUT2D eigenvalue weighted by molar-refractivity contribution is -0.176. The molecule has 2 atom stereocenters. The first kappa shape index (κ1) is 11.0. The molecule has 1 aliphatic rings. The van der Waals surface area contributed by atoms with Crippen molar-refractivity contribution in [1.29, 1.82) is 0 Å². The minimum absolute atomic E-state index is 0.291. The fourth-order valence-corrected chi connectivity index (χ4v) is 2.61. The van der Waals surface area contributed by atoms with Crippen molar-refractivity contribution in [3.8, 4) is 0 Å². The Morgan fingerprint density at radius 2 is 1.43 bits per heavy atom. The molecule has 0 heterocycles. The van der Waals surface area contributed by atoms with Gasteiger partial charge in [0.05, 0.1) is 0 Å². The van der Waals surface area contributed by atoms with Gasteiger partial charge in [-0.05, 0) is 24.7 Å². The van der Waals surface area contributed by atoms with Gasteiger partial charge >= 0.3 is 11.9 Å². The normalized spacial score (nSPS) is 31.0. The molecular formula is C10H16O4. The highest BCUT2D eigenvalue weighted by atomic mass is 16.4. The van der Waals surface area contributed by atoms with Gasteiger partial charge in [0.2, 0.25) is 0 Å². The van der Waals surface area contributed by atoms with Gasteiger partial charge in [-0.25, -0.2) is 0 Å². The van der Waals surface area contributed by atoms with E-state index in [-0.39, 0.29) is 11.8 Å². The summed E-state index contributed by atoms with van der Waals surface area (Å²) in [5.74, 6) is -2.96. The Bertz CT molecular complexity index is 233. The van der Waals surface area contributed by atoms with Crippen LogP contribution in [0, 0.1) is 17.3 Å². The predicted octanol–water partition coefficient (Wildman–Crippen LogP) is 1.60. The third kappa shape index (κ3) is 1.29. The van der Waals surface area contributed by atoms with Crippen LogP contribution in [0.5, 0.6) is 0 Å². The fraction of sp³-hybridized carbons (Fsp3) is 0.800. The molecule has 0 spiro atoms. The average molecular weight is 200 g/mol. The van der Waals surface area contributed by atoms with Gasteiger partial charge in [-0.3, -0.25) is 9.59 Å². The Balaban J connectivity index is 3.15. The predicted molar refractivity (Wildman–Crippen MR) is 49.9 cm³/mol. The van der Waals surface area contributed by atoms with Crippen molar-refractivity contribution in [3.63, 3.8) is 0 Å². The molecule has 4 nitrogen and oxygen atoms in total. The fourth-order valence-electron chi connectivity index (χ4n) is 2.61. The van der Waals surface area contributed by atoms with E-state index in [1.807, 2.05) is 0 Å². The summed E-state index contributed by atoms with van der Waals surface area (Å²) in [4.78, 5) is 22.3. The first-order valence-corrected chi connectivity index (χ1v) is 4.90. The first-order chi connectivity index (χ1) is 6.44. The summed E-state index contributed by atoms with van der Waals surface area (Å²) in [7, 11) is 0. The van der Waals surface area contributed by atoms with E-state index in [9.17, 15) is 9.59 Å². The van der Waals surface area contributed by atoms with Crippen LogP contribution in [0.2, 0.25) is 0 Å². The quantitative estimate of drug-likeness (QED) is 0.664. The van der Waals surface area contributed by atoms with Crippen LogP contribution in [-0.2, 0) is 9.59 Å². The Hall–Kier alpha value is -1.06. The highest BCUT2D eigenvalue weighted by Gasteiger charge is 2.56. The lowest BCUT2D eigenvalue weighted by Gasteiger charge is -2.40. The summed E-state index contributed by atoms with van der Waals surface area (Å²) in [6.45, 7) is 3.44. The largest absolute Gasteiger partial charge is 0.480 e. The third-order valence-corrected chi connectivity index (χ3v) is 3.54. The summed E-state index contributed by atoms with van der Waals surface area (Å²) < 4.78 is 0. The number of rotatable bonds is 2. The van der Waals surface area contributed by atoms with E-state index in [4.69, 9.17) is 10.2 Å². The molecule has 0 amide bonds. The van der Waals surface area contributed by atoms with E-state index in [1.54, 1.807) is 13.8 Å². The molecule has 0 aromatic heterocycles. The lowest BCUT2D eigenvalue weighted by Crippen LogP contribution is -2.51. The van der Waals surface area contributed by atoms with Crippen LogP contribution >= 0.6 is 0 Å². The molecule has 14 heavy (non-hydrogen) atoms. The molecule has 2 unspecified atom stereocenters. The highest BCUT2D eigenvalue weighted by molar-refractivity contribution is 5.99. The van der Waals surface area contributed by atoms with Crippen LogP contribution in [0.3, 0.4) is 0 Å². The Morgan fingerprint density at radius 3 is 1.64 bits per heavy atom. The second-order valence-electron chi connectivity index (χ2n) is 4.21. The lowest BCUT2D eigenvalue weighted by atomic mass is 9.61. The Morgan fingerprint density at radius 1 is 1.07 bits per heavy atom. The van der Waals surface area contributed by atoms with E-state index in [0.29, 0.717) is 12.8 Å². The SMILES string of the molecule is CC1CCCC(C)C1(C(=O)O)C(=O)O. The summed E-state index contributed by atoms with van der Waals surface area (Å²) in [5, 5.41) is 18.2. The van der Waals surface area contributed by atoms with Gasteiger partial charge in [-0.1, -0.05) is 20.3 Å². The molecule has 1 fully saturated rings. The van der Waals surface area contributed by atoms with Crippen LogP contribution in [-0.4, -0.2) is 22.2 Å². The van der Waals surface area contributed by atoms with Gasteiger partial charge in [0.25, 0.3) is 0 Å². The molecule has 0 aliphatic heterocycles. The van der Waals surface area contributed by atoms with Crippen LogP contribution in [0.4, 0.5) is 0 Å². The van der Waals surface area contributed by atoms with Crippen LogP contribution in [0.15, 0.2) is 0 Å². The third-order valence-electron chi connectivity index (χ3n) is 3.54. The first-order valence-electron chi connectivity index (χ1n) is 4.90. The molecular weight excluding hydrogens is 184 g/mol. The zero-order valence-corrected chi connectivity index (χ0v) is 8.49. The average Bonchev–Trinajstić information content (AvgIpc) is 2.02. The molecule has 1 saturated carbocycles. The zero-order valence-electron chi connectivity index (χ0n) is 8.49. The summed E-state index contributed by atoms with van der Waals surface area (Å²) >= 11 is 0. The molecule has 2 N–H and O–H groups in total. The maximum Gasteiger partial charge on any atom is 0.321 e. The highest BCUT2D eigenvalue weighted by Crippen LogP contribution is 2.45. The molecule has 0 saturated heterocycles. The van der Waals surface area contributed by atoms with Gasteiger partial charge in [0.1, 0.15) is 0 Å². The van der Waals surface area contributed by atoms with Crippen molar-refractivity contribution in [2.24, 2.45) is 17.3 Å². The number of carbonyl (C=O) groups is 2. The standard InChI is InChI=1S/C10H16O4/c1-6-4-3-5-7(2)10(6,8(11)12)9(13)14/h6-7H,3-5H2,1-2H3,(H,11,12)(H,13,14). The molecule has 0 aromatic rings. The number of hydrogen-bond donors (Lipinski definition) is 2. The Labute approximate surface area is 82.9 Å². The van der Waals surface area contributed by atoms with Crippen LogP contribution < -0.4 is 0 Å². The van der Waals surface area contributed by atoms with E-state index in [0.717, 1.165) is 6.42 Å². The maximum atomic E-state index is 11.2. The van der Waals surface area contributed by atoms with E-state index in [2.05, 4.69) is 0 Å². The Kier molecular flexibility index (Phi) is 2.83. The van der Waals surface area contributed by atoms with Gasteiger partial charge in [0, 0.05) is 0 Å². The monoisotopic (exact) mass is 200 g/mol. The van der Waals surface area contributed by atoms with Crippen molar-refractivity contribution in [2.75, 3.05) is 0 Å². The summed E-state index contributed by atoms with van der Waals surface area (Å²) in [6.07, 6.45) is 2.29. The van der Waals surface area contributed by atoms with Gasteiger partial charge in [-0.15, -0.1) is 0 Å². The van der Waals surface area contributed by atoms with Crippen molar-refractivity contribution >= 4 is 11.9 Å². The molecule has 0 aromatic carbocycles. The summed E-state index contributed by atoms with van der Waals surface area (Å²) in [6, 6.07) is 0. The van der Waals surface area contributed by atoms with Crippen molar-refractivity contribution in [3.05, 3.63) is 0 Å². The second kappa shape index (κ2) is 3.59. The van der Waals surface area contributed by atoms with E-state index >= 15 is 0 Å². The number of hydrogen-bond acceptors (Lipinski definition) is 2. The van der Waals surface area contributed by atoms with Gasteiger partial charge < -0.3 is 10.2 Å². The number of carboxylic acids is 2. The van der Waals surface area contributed by atoms with Crippen molar-refractivity contribution < 1.29 is 19.8 Å². The van der Waals surface area contributed by atoms with Crippen LogP contribution in [0.1, 0.15) is 33.1 Å². The molecule has 4 heteroatoms. The van der Waals surface area contributed by atoms with Crippen LogP contribution in [0.25, 0.3) is 0 Å². The topological polar surface area (TPSA) is 74.6 Å². The summed E-state index contributed by atoms with van der Waals surface area (Å²) in [5.41, 5.74) is -1.57. The smallest absolute Gasteiger partial charge is 0.321 e. The molecule has 0 bridgehead atoms. The van der Waals surface area contributed by atoms with Gasteiger partial charge in [0.15, 0.2) is 5.41 Å². The van der Waals surface area contributed by atoms with Crippen molar-refractivity contribution in [2.45, 2.75) is 33.1 Å². The molecule has 80 valence electrons. The molecule has 1 aliphatic carbocycles. The number of aliphatic carboxylic acids is 2. The minimum atomic E-state index is -1.57. The van der Waals surface area contributed by atoms with Crippen molar-refractivity contribution in [1.82, 2.24) is 0 Å². The molecule has 0 radical (unpaired) electrons. The minimum Gasteiger partial charge on any atom is -0.480 e. The zero-order chi connectivity index (χ0) is 10.9. The second-order valence-corrected chi connectivity index (χ2v) is 4.21. The van der Waals surface area contributed by atoms with E-state index < -0.39 is 17.4 Å². The van der Waals surface area contributed by atoms with Gasteiger partial charge in [-0.2, -0.15) is 0 Å². The maximum absolute atomic E-state index is 11.2. The van der Waals surface area contributed by atoms with E-state index in [1.165, 1.54) is 0 Å². The number of carboxylic acid groups (broad SMARTS) is 2.